The van der Waals surface area contributed by atoms with Crippen LogP contribution in [0.2, 0.25) is 0 Å². The molecule has 0 aromatic rings. The molecule has 0 aliphatic rings. The number of aliphatic hydroxyl groups excluding tert-OH is 2. The van der Waals surface area contributed by atoms with E-state index in [-0.39, 0.29) is 12.5 Å². The lowest BCUT2D eigenvalue weighted by atomic mass is 10.0. The molecule has 0 aliphatic carbocycles. The number of unbranched alkanes of at least 4 members (excludes halogenated alkanes) is 14. The minimum atomic E-state index is -0.827. The van der Waals surface area contributed by atoms with Crippen LogP contribution in [0.15, 0.2) is 12.2 Å². The SMILES string of the molecule is CCCCCCCCCCCCCC=C[C@@H](O)[C@H](CO)NC(=O)CCCCCC. The van der Waals surface area contributed by atoms with Gasteiger partial charge in [0.1, 0.15) is 0 Å². The summed E-state index contributed by atoms with van der Waals surface area (Å²) >= 11 is 0. The number of carbonyl (C=O) groups is 1. The van der Waals surface area contributed by atoms with E-state index in [1.54, 1.807) is 6.08 Å². The lowest BCUT2D eigenvalue weighted by Crippen LogP contribution is -2.45. The predicted octanol–water partition coefficient (Wildman–Crippen LogP) is 6.05. The molecular formula is C25H49NO3. The minimum absolute atomic E-state index is 0.0852. The standard InChI is InChI=1S/C25H49NO3/c1-3-5-7-9-10-11-12-13-14-15-16-17-18-20-24(28)23(22-27)26-25(29)21-19-8-6-4-2/h18,20,23-24,27-28H,3-17,19,21-22H2,1-2H3,(H,26,29)/t23-,24+/m0/s1. The predicted molar refractivity (Wildman–Crippen MR) is 124 cm³/mol. The van der Waals surface area contributed by atoms with Gasteiger partial charge in [0, 0.05) is 6.42 Å². The Morgan fingerprint density at radius 2 is 1.28 bits per heavy atom. The number of hydrogen-bond donors (Lipinski definition) is 3. The molecular weight excluding hydrogens is 362 g/mol. The van der Waals surface area contributed by atoms with E-state index in [4.69, 9.17) is 0 Å². The number of rotatable bonds is 21. The first-order valence-electron chi connectivity index (χ1n) is 12.4. The zero-order valence-electron chi connectivity index (χ0n) is 19.3. The van der Waals surface area contributed by atoms with E-state index in [0.717, 1.165) is 38.5 Å². The van der Waals surface area contributed by atoms with Gasteiger partial charge in [-0.2, -0.15) is 0 Å². The fraction of sp³-hybridized carbons (Fsp3) is 0.880. The zero-order valence-corrected chi connectivity index (χ0v) is 19.3. The van der Waals surface area contributed by atoms with Crippen LogP contribution in [0.1, 0.15) is 123 Å². The molecule has 0 aromatic heterocycles. The molecule has 0 spiro atoms. The van der Waals surface area contributed by atoms with Crippen LogP contribution in [0, 0.1) is 0 Å². The molecule has 0 fully saturated rings. The van der Waals surface area contributed by atoms with Crippen molar-refractivity contribution in [3.8, 4) is 0 Å². The van der Waals surface area contributed by atoms with Gasteiger partial charge in [-0.25, -0.2) is 0 Å². The Morgan fingerprint density at radius 1 is 0.793 bits per heavy atom. The van der Waals surface area contributed by atoms with Crippen LogP contribution in [0.25, 0.3) is 0 Å². The number of nitrogens with one attached hydrogen (secondary N) is 1. The van der Waals surface area contributed by atoms with Crippen LogP contribution in [-0.2, 0) is 4.79 Å². The van der Waals surface area contributed by atoms with Crippen molar-refractivity contribution in [2.45, 2.75) is 135 Å². The van der Waals surface area contributed by atoms with Gasteiger partial charge in [0.2, 0.25) is 5.91 Å². The molecule has 2 atom stereocenters. The lowest BCUT2D eigenvalue weighted by Gasteiger charge is -2.19. The highest BCUT2D eigenvalue weighted by atomic mass is 16.3. The zero-order chi connectivity index (χ0) is 21.6. The summed E-state index contributed by atoms with van der Waals surface area (Å²) in [5.41, 5.74) is 0. The molecule has 172 valence electrons. The highest BCUT2D eigenvalue weighted by Crippen LogP contribution is 2.12. The van der Waals surface area contributed by atoms with Crippen molar-refractivity contribution in [1.29, 1.82) is 0 Å². The Bertz CT molecular complexity index is 384. The van der Waals surface area contributed by atoms with Crippen LogP contribution < -0.4 is 5.32 Å². The van der Waals surface area contributed by atoms with Crippen LogP contribution in [0.3, 0.4) is 0 Å². The molecule has 0 saturated heterocycles. The lowest BCUT2D eigenvalue weighted by molar-refractivity contribution is -0.123. The Morgan fingerprint density at radius 3 is 1.79 bits per heavy atom. The van der Waals surface area contributed by atoms with Gasteiger partial charge in [0.25, 0.3) is 0 Å². The summed E-state index contributed by atoms with van der Waals surface area (Å²) in [7, 11) is 0. The topological polar surface area (TPSA) is 69.6 Å². The number of allylic oxidation sites excluding steroid dienone is 1. The normalized spacial score (nSPS) is 13.7. The first-order valence-corrected chi connectivity index (χ1v) is 12.4. The van der Waals surface area contributed by atoms with Crippen molar-refractivity contribution in [2.24, 2.45) is 0 Å². The molecule has 4 heteroatoms. The first-order chi connectivity index (χ1) is 14.2. The van der Waals surface area contributed by atoms with Crippen LogP contribution >= 0.6 is 0 Å². The van der Waals surface area contributed by atoms with Crippen molar-refractivity contribution in [3.63, 3.8) is 0 Å². The van der Waals surface area contributed by atoms with Gasteiger partial charge < -0.3 is 15.5 Å². The van der Waals surface area contributed by atoms with Crippen LogP contribution in [0.4, 0.5) is 0 Å². The van der Waals surface area contributed by atoms with E-state index in [1.807, 2.05) is 6.08 Å². The molecule has 0 rings (SSSR count). The first kappa shape index (κ1) is 28.1. The van der Waals surface area contributed by atoms with Gasteiger partial charge in [0.15, 0.2) is 0 Å². The molecule has 0 bridgehead atoms. The molecule has 0 radical (unpaired) electrons. The third kappa shape index (κ3) is 18.9. The summed E-state index contributed by atoms with van der Waals surface area (Å²) in [4.78, 5) is 11.9. The maximum Gasteiger partial charge on any atom is 0.220 e. The fourth-order valence-corrected chi connectivity index (χ4v) is 3.53. The highest BCUT2D eigenvalue weighted by Gasteiger charge is 2.17. The smallest absolute Gasteiger partial charge is 0.220 e. The second-order valence-electron chi connectivity index (χ2n) is 8.41. The summed E-state index contributed by atoms with van der Waals surface area (Å²) in [5, 5.41) is 22.4. The van der Waals surface area contributed by atoms with Gasteiger partial charge in [-0.1, -0.05) is 109 Å². The van der Waals surface area contributed by atoms with Crippen LogP contribution in [-0.4, -0.2) is 34.9 Å². The third-order valence-corrected chi connectivity index (χ3v) is 5.52. The van der Waals surface area contributed by atoms with Gasteiger partial charge >= 0.3 is 0 Å². The summed E-state index contributed by atoms with van der Waals surface area (Å²) in [6.07, 6.45) is 23.1. The van der Waals surface area contributed by atoms with E-state index in [0.29, 0.717) is 6.42 Å². The minimum Gasteiger partial charge on any atom is -0.394 e. The second-order valence-corrected chi connectivity index (χ2v) is 8.41. The molecule has 0 unspecified atom stereocenters. The third-order valence-electron chi connectivity index (χ3n) is 5.52. The molecule has 0 heterocycles. The van der Waals surface area contributed by atoms with Gasteiger partial charge in [-0.05, 0) is 19.3 Å². The number of hydrogen-bond acceptors (Lipinski definition) is 3. The Labute approximate surface area is 180 Å². The van der Waals surface area contributed by atoms with E-state index < -0.39 is 12.1 Å². The molecule has 3 N–H and O–H groups in total. The van der Waals surface area contributed by atoms with E-state index in [1.165, 1.54) is 64.2 Å². The summed E-state index contributed by atoms with van der Waals surface area (Å²) in [6, 6.07) is -0.609. The van der Waals surface area contributed by atoms with Gasteiger partial charge in [-0.3, -0.25) is 4.79 Å². The maximum absolute atomic E-state index is 11.9. The molecule has 0 aromatic carbocycles. The largest absolute Gasteiger partial charge is 0.394 e. The average molecular weight is 412 g/mol. The molecule has 4 nitrogen and oxygen atoms in total. The van der Waals surface area contributed by atoms with Gasteiger partial charge in [-0.15, -0.1) is 0 Å². The molecule has 1 amide bonds. The van der Waals surface area contributed by atoms with Crippen molar-refractivity contribution >= 4 is 5.91 Å². The maximum atomic E-state index is 11.9. The van der Waals surface area contributed by atoms with Crippen LogP contribution in [0.5, 0.6) is 0 Å². The van der Waals surface area contributed by atoms with Crippen molar-refractivity contribution in [3.05, 3.63) is 12.2 Å². The number of aliphatic hydroxyl groups is 2. The highest BCUT2D eigenvalue weighted by molar-refractivity contribution is 5.76. The summed E-state index contributed by atoms with van der Waals surface area (Å²) in [5.74, 6) is -0.0852. The van der Waals surface area contributed by atoms with E-state index >= 15 is 0 Å². The monoisotopic (exact) mass is 411 g/mol. The fourth-order valence-electron chi connectivity index (χ4n) is 3.53. The van der Waals surface area contributed by atoms with Gasteiger partial charge in [0.05, 0.1) is 18.8 Å². The Kier molecular flexibility index (Phi) is 21.2. The summed E-state index contributed by atoms with van der Waals surface area (Å²) < 4.78 is 0. The molecule has 0 saturated carbocycles. The summed E-state index contributed by atoms with van der Waals surface area (Å²) in [6.45, 7) is 4.15. The van der Waals surface area contributed by atoms with E-state index in [2.05, 4.69) is 19.2 Å². The van der Waals surface area contributed by atoms with E-state index in [9.17, 15) is 15.0 Å². The number of amides is 1. The molecule has 0 aliphatic heterocycles. The van der Waals surface area contributed by atoms with Crippen molar-refractivity contribution < 1.29 is 15.0 Å². The Balaban J connectivity index is 3.68. The average Bonchev–Trinajstić information content (AvgIpc) is 2.72. The van der Waals surface area contributed by atoms with Crippen molar-refractivity contribution in [1.82, 2.24) is 5.32 Å². The quantitative estimate of drug-likeness (QED) is 0.159. The second kappa shape index (κ2) is 21.8. The molecule has 29 heavy (non-hydrogen) atoms. The van der Waals surface area contributed by atoms with Crippen molar-refractivity contribution in [2.75, 3.05) is 6.61 Å². The Hall–Kier alpha value is -0.870. The number of carbonyl (C=O) groups excluding carboxylic acids is 1.